The number of benzene rings is 1. The number of aryl methyl sites for hydroxylation is 1. The summed E-state index contributed by atoms with van der Waals surface area (Å²) in [6.07, 6.45) is 1.85. The molecule has 1 aromatic heterocycles. The molecule has 0 fully saturated rings. The minimum Gasteiger partial charge on any atom is -0.493 e. The van der Waals surface area contributed by atoms with Gasteiger partial charge in [0.05, 0.1) is 24.4 Å². The molecule has 0 saturated heterocycles. The van der Waals surface area contributed by atoms with Crippen LogP contribution in [0.1, 0.15) is 24.5 Å². The van der Waals surface area contributed by atoms with Crippen molar-refractivity contribution >= 4 is 23.0 Å². The zero-order valence-electron chi connectivity index (χ0n) is 15.3. The minimum absolute atomic E-state index is 0.600. The summed E-state index contributed by atoms with van der Waals surface area (Å²) < 4.78 is 10.9. The van der Waals surface area contributed by atoms with Gasteiger partial charge in [0.2, 0.25) is 0 Å². The standard InChI is InChI=1S/C18H26N4O2S/c1-5-17-21-14(12-25-17)9-10-20-18(19-3)22-13-7-8-15(24-6-2)16(11-13)23-4/h7-8,11-12H,5-6,9-10H2,1-4H3,(H2,19,20,22). The van der Waals surface area contributed by atoms with Gasteiger partial charge in [-0.2, -0.15) is 0 Å². The molecule has 1 heterocycles. The van der Waals surface area contributed by atoms with Crippen molar-refractivity contribution in [2.45, 2.75) is 26.7 Å². The second-order valence-electron chi connectivity index (χ2n) is 5.26. The van der Waals surface area contributed by atoms with E-state index in [0.717, 1.165) is 36.5 Å². The van der Waals surface area contributed by atoms with E-state index < -0.39 is 0 Å². The van der Waals surface area contributed by atoms with Crippen molar-refractivity contribution in [1.82, 2.24) is 10.3 Å². The van der Waals surface area contributed by atoms with E-state index in [0.29, 0.717) is 18.3 Å². The van der Waals surface area contributed by atoms with Crippen LogP contribution < -0.4 is 20.1 Å². The normalized spacial score (nSPS) is 11.3. The predicted molar refractivity (Wildman–Crippen MR) is 104 cm³/mol. The number of nitrogens with one attached hydrogen (secondary N) is 2. The van der Waals surface area contributed by atoms with Crippen LogP contribution in [0.5, 0.6) is 11.5 Å². The number of hydrogen-bond acceptors (Lipinski definition) is 5. The molecule has 0 aliphatic rings. The molecule has 0 unspecified atom stereocenters. The van der Waals surface area contributed by atoms with Gasteiger partial charge in [-0.3, -0.25) is 4.99 Å². The number of ether oxygens (including phenoxy) is 2. The maximum absolute atomic E-state index is 5.53. The lowest BCUT2D eigenvalue weighted by Gasteiger charge is -2.14. The van der Waals surface area contributed by atoms with E-state index >= 15 is 0 Å². The number of aliphatic imine (C=N–C) groups is 1. The lowest BCUT2D eigenvalue weighted by molar-refractivity contribution is 0.311. The predicted octanol–water partition coefficient (Wildman–Crippen LogP) is 3.34. The number of rotatable bonds is 8. The summed E-state index contributed by atoms with van der Waals surface area (Å²) in [5.41, 5.74) is 2.00. The summed E-state index contributed by atoms with van der Waals surface area (Å²) >= 11 is 1.72. The zero-order valence-corrected chi connectivity index (χ0v) is 16.1. The molecule has 0 atom stereocenters. The summed E-state index contributed by atoms with van der Waals surface area (Å²) in [5.74, 6) is 2.13. The van der Waals surface area contributed by atoms with Crippen LogP contribution in [-0.2, 0) is 12.8 Å². The summed E-state index contributed by atoms with van der Waals surface area (Å²) in [6, 6.07) is 5.72. The highest BCUT2D eigenvalue weighted by Crippen LogP contribution is 2.30. The Morgan fingerprint density at radius 1 is 1.28 bits per heavy atom. The summed E-state index contributed by atoms with van der Waals surface area (Å²) in [5, 5.41) is 9.86. The van der Waals surface area contributed by atoms with Crippen LogP contribution in [0.2, 0.25) is 0 Å². The summed E-state index contributed by atoms with van der Waals surface area (Å²) in [7, 11) is 3.38. The van der Waals surface area contributed by atoms with E-state index in [4.69, 9.17) is 9.47 Å². The third-order valence-corrected chi connectivity index (χ3v) is 4.57. The van der Waals surface area contributed by atoms with Gasteiger partial charge in [-0.1, -0.05) is 6.92 Å². The number of aromatic nitrogens is 1. The van der Waals surface area contributed by atoms with Gasteiger partial charge >= 0.3 is 0 Å². The molecular weight excluding hydrogens is 336 g/mol. The molecule has 2 N–H and O–H groups in total. The van der Waals surface area contributed by atoms with E-state index in [1.165, 1.54) is 5.01 Å². The van der Waals surface area contributed by atoms with Crippen molar-refractivity contribution in [3.8, 4) is 11.5 Å². The van der Waals surface area contributed by atoms with Crippen LogP contribution in [0.15, 0.2) is 28.6 Å². The molecule has 2 aromatic rings. The molecule has 0 bridgehead atoms. The van der Waals surface area contributed by atoms with Gasteiger partial charge in [0.15, 0.2) is 17.5 Å². The minimum atomic E-state index is 0.600. The van der Waals surface area contributed by atoms with Crippen molar-refractivity contribution in [3.63, 3.8) is 0 Å². The fourth-order valence-corrected chi connectivity index (χ4v) is 3.05. The van der Waals surface area contributed by atoms with E-state index in [-0.39, 0.29) is 0 Å². The number of anilines is 1. The summed E-state index contributed by atoms with van der Waals surface area (Å²) in [4.78, 5) is 8.83. The second kappa shape index (κ2) is 9.88. The largest absolute Gasteiger partial charge is 0.493 e. The van der Waals surface area contributed by atoms with Crippen molar-refractivity contribution in [2.24, 2.45) is 4.99 Å². The molecule has 2 rings (SSSR count). The SMILES string of the molecule is CCOc1ccc(NC(=NC)NCCc2csc(CC)n2)cc1OC. The molecule has 1 aromatic carbocycles. The van der Waals surface area contributed by atoms with Gasteiger partial charge in [0, 0.05) is 37.1 Å². The molecule has 0 saturated carbocycles. The van der Waals surface area contributed by atoms with Gasteiger partial charge in [-0.05, 0) is 25.5 Å². The van der Waals surface area contributed by atoms with Crippen molar-refractivity contribution < 1.29 is 9.47 Å². The topological polar surface area (TPSA) is 67.8 Å². The molecule has 0 spiro atoms. The molecule has 0 radical (unpaired) electrons. The number of nitrogens with zero attached hydrogens (tertiary/aromatic N) is 2. The average Bonchev–Trinajstić information content (AvgIpc) is 3.10. The van der Waals surface area contributed by atoms with Gasteiger partial charge in [0.1, 0.15) is 0 Å². The zero-order chi connectivity index (χ0) is 18.1. The fraction of sp³-hybridized carbons (Fsp3) is 0.444. The van der Waals surface area contributed by atoms with Crippen molar-refractivity contribution in [2.75, 3.05) is 32.6 Å². The van der Waals surface area contributed by atoms with E-state index in [1.807, 2.05) is 25.1 Å². The number of hydrogen-bond donors (Lipinski definition) is 2. The maximum atomic E-state index is 5.53. The second-order valence-corrected chi connectivity index (χ2v) is 6.20. The van der Waals surface area contributed by atoms with Crippen LogP contribution in [0, 0.1) is 0 Å². The molecule has 0 aliphatic carbocycles. The smallest absolute Gasteiger partial charge is 0.195 e. The van der Waals surface area contributed by atoms with E-state index in [9.17, 15) is 0 Å². The first kappa shape index (κ1) is 19.1. The number of guanidine groups is 1. The Labute approximate surface area is 153 Å². The fourth-order valence-electron chi connectivity index (χ4n) is 2.27. The van der Waals surface area contributed by atoms with Crippen LogP contribution >= 0.6 is 11.3 Å². The number of thiazole rings is 1. The van der Waals surface area contributed by atoms with Gasteiger partial charge in [-0.25, -0.2) is 4.98 Å². The van der Waals surface area contributed by atoms with Crippen LogP contribution in [0.4, 0.5) is 5.69 Å². The van der Waals surface area contributed by atoms with E-state index in [1.54, 1.807) is 25.5 Å². The Morgan fingerprint density at radius 3 is 2.76 bits per heavy atom. The van der Waals surface area contributed by atoms with Crippen molar-refractivity contribution in [3.05, 3.63) is 34.3 Å². The Morgan fingerprint density at radius 2 is 2.12 bits per heavy atom. The first-order valence-corrected chi connectivity index (χ1v) is 9.29. The van der Waals surface area contributed by atoms with Crippen LogP contribution in [-0.4, -0.2) is 38.3 Å². The van der Waals surface area contributed by atoms with Gasteiger partial charge < -0.3 is 20.1 Å². The average molecular weight is 362 g/mol. The first-order valence-electron chi connectivity index (χ1n) is 8.41. The highest BCUT2D eigenvalue weighted by Gasteiger charge is 2.07. The quantitative estimate of drug-likeness (QED) is 0.557. The van der Waals surface area contributed by atoms with Gasteiger partial charge in [-0.15, -0.1) is 11.3 Å². The Bertz CT molecular complexity index is 700. The first-order chi connectivity index (χ1) is 12.2. The van der Waals surface area contributed by atoms with Crippen molar-refractivity contribution in [1.29, 1.82) is 0 Å². The monoisotopic (exact) mass is 362 g/mol. The third kappa shape index (κ3) is 5.63. The highest BCUT2D eigenvalue weighted by molar-refractivity contribution is 7.09. The molecule has 25 heavy (non-hydrogen) atoms. The third-order valence-electron chi connectivity index (χ3n) is 3.53. The lowest BCUT2D eigenvalue weighted by Crippen LogP contribution is -2.32. The maximum Gasteiger partial charge on any atom is 0.195 e. The molecule has 0 aliphatic heterocycles. The molecule has 0 amide bonds. The number of methoxy groups -OCH3 is 1. The molecular formula is C18H26N4O2S. The lowest BCUT2D eigenvalue weighted by atomic mass is 10.2. The Kier molecular flexibility index (Phi) is 7.53. The Balaban J connectivity index is 1.90. The summed E-state index contributed by atoms with van der Waals surface area (Å²) in [6.45, 7) is 5.43. The molecule has 136 valence electrons. The van der Waals surface area contributed by atoms with Crippen LogP contribution in [0.3, 0.4) is 0 Å². The Hall–Kier alpha value is -2.28. The molecule has 7 heteroatoms. The van der Waals surface area contributed by atoms with Crippen LogP contribution in [0.25, 0.3) is 0 Å². The molecule has 6 nitrogen and oxygen atoms in total. The highest BCUT2D eigenvalue weighted by atomic mass is 32.1. The van der Waals surface area contributed by atoms with Gasteiger partial charge in [0.25, 0.3) is 0 Å². The van der Waals surface area contributed by atoms with E-state index in [2.05, 4.69) is 32.9 Å².